The van der Waals surface area contributed by atoms with Gasteiger partial charge in [-0.15, -0.1) is 0 Å². The van der Waals surface area contributed by atoms with Gasteiger partial charge >= 0.3 is 5.97 Å². The maximum atomic E-state index is 11.9. The number of carboxylic acid groups (broad SMARTS) is 1. The van der Waals surface area contributed by atoms with Gasteiger partial charge in [-0.05, 0) is 12.8 Å². The van der Waals surface area contributed by atoms with Crippen molar-refractivity contribution in [2.45, 2.75) is 30.6 Å². The predicted molar refractivity (Wildman–Crippen MR) is 61.1 cm³/mol. The molecule has 1 aliphatic heterocycles. The summed E-state index contributed by atoms with van der Waals surface area (Å²) >= 11 is 0. The maximum Gasteiger partial charge on any atom is 0.322 e. The molecule has 8 nitrogen and oxygen atoms in total. The first-order chi connectivity index (χ1) is 8.33. The number of sulfonamides is 1. The number of rotatable bonds is 6. The Labute approximate surface area is 105 Å². The van der Waals surface area contributed by atoms with Gasteiger partial charge in [0, 0.05) is 13.2 Å². The number of carbonyl (C=O) groups is 2. The van der Waals surface area contributed by atoms with Crippen LogP contribution in [0.5, 0.6) is 0 Å². The first-order valence-electron chi connectivity index (χ1n) is 5.43. The average molecular weight is 280 g/mol. The third-order valence-corrected chi connectivity index (χ3v) is 4.58. The Hall–Kier alpha value is -1.19. The summed E-state index contributed by atoms with van der Waals surface area (Å²) in [5.74, 6) is -2.30. The number of carboxylic acids is 1. The van der Waals surface area contributed by atoms with E-state index in [0.717, 1.165) is 0 Å². The molecule has 1 amide bonds. The van der Waals surface area contributed by atoms with Crippen LogP contribution in [0.25, 0.3) is 0 Å². The second-order valence-electron chi connectivity index (χ2n) is 4.04. The minimum absolute atomic E-state index is 0.304. The highest BCUT2D eigenvalue weighted by Gasteiger charge is 2.32. The number of amides is 1. The lowest BCUT2D eigenvalue weighted by molar-refractivity contribution is -0.140. The van der Waals surface area contributed by atoms with Crippen LogP contribution in [0.1, 0.15) is 19.3 Å². The summed E-state index contributed by atoms with van der Waals surface area (Å²) in [6.45, 7) is 0.637. The van der Waals surface area contributed by atoms with Crippen molar-refractivity contribution in [1.29, 1.82) is 0 Å². The van der Waals surface area contributed by atoms with E-state index < -0.39 is 39.6 Å². The van der Waals surface area contributed by atoms with Gasteiger partial charge in [0.25, 0.3) is 0 Å². The minimum atomic E-state index is -3.79. The number of nitrogens with two attached hydrogens (primary N) is 1. The second-order valence-corrected chi connectivity index (χ2v) is 6.03. The summed E-state index contributed by atoms with van der Waals surface area (Å²) in [6.07, 6.45) is 0.0360. The van der Waals surface area contributed by atoms with E-state index in [1.165, 1.54) is 0 Å². The van der Waals surface area contributed by atoms with E-state index in [4.69, 9.17) is 15.6 Å². The van der Waals surface area contributed by atoms with E-state index >= 15 is 0 Å². The molecule has 104 valence electrons. The standard InChI is InChI=1S/C9H16N2O6S/c10-8(12)5-7(9(13)14)11-18(15,16)6-1-3-17-4-2-6/h6-7,11H,1-5H2,(H2,10,12)(H,13,14)/t7-/m0/s1. The summed E-state index contributed by atoms with van der Waals surface area (Å²) in [5.41, 5.74) is 4.87. The number of nitrogens with one attached hydrogen (secondary N) is 1. The molecule has 0 aromatic heterocycles. The van der Waals surface area contributed by atoms with Gasteiger partial charge in [0.2, 0.25) is 15.9 Å². The molecule has 0 aromatic rings. The molecule has 1 heterocycles. The van der Waals surface area contributed by atoms with Crippen LogP contribution < -0.4 is 10.5 Å². The minimum Gasteiger partial charge on any atom is -0.480 e. The van der Waals surface area contributed by atoms with Crippen molar-refractivity contribution in [1.82, 2.24) is 4.72 Å². The monoisotopic (exact) mass is 280 g/mol. The SMILES string of the molecule is NC(=O)C[C@H](NS(=O)(=O)C1CCOCC1)C(=O)O. The van der Waals surface area contributed by atoms with Crippen molar-refractivity contribution in [2.75, 3.05) is 13.2 Å². The van der Waals surface area contributed by atoms with Crippen LogP contribution in [0.2, 0.25) is 0 Å². The van der Waals surface area contributed by atoms with Gasteiger partial charge in [-0.3, -0.25) is 9.59 Å². The Bertz CT molecular complexity index is 415. The highest BCUT2D eigenvalue weighted by Crippen LogP contribution is 2.15. The van der Waals surface area contributed by atoms with Crippen LogP contribution in [0.3, 0.4) is 0 Å². The Morgan fingerprint density at radius 3 is 2.39 bits per heavy atom. The molecular formula is C9H16N2O6S. The molecule has 18 heavy (non-hydrogen) atoms. The van der Waals surface area contributed by atoms with Gasteiger partial charge in [0.05, 0.1) is 11.7 Å². The summed E-state index contributed by atoms with van der Waals surface area (Å²) in [7, 11) is -3.79. The molecule has 1 atom stereocenters. The zero-order chi connectivity index (χ0) is 13.8. The van der Waals surface area contributed by atoms with Gasteiger partial charge in [-0.2, -0.15) is 0 Å². The molecule has 0 spiro atoms. The normalized spacial score (nSPS) is 19.3. The number of hydrogen-bond acceptors (Lipinski definition) is 5. The number of hydrogen-bond donors (Lipinski definition) is 3. The first kappa shape index (κ1) is 14.9. The molecule has 4 N–H and O–H groups in total. The number of ether oxygens (including phenoxy) is 1. The van der Waals surface area contributed by atoms with Gasteiger partial charge in [0.1, 0.15) is 6.04 Å². The molecule has 0 radical (unpaired) electrons. The van der Waals surface area contributed by atoms with Gasteiger partial charge in [-0.25, -0.2) is 13.1 Å². The number of carbonyl (C=O) groups excluding carboxylic acids is 1. The lowest BCUT2D eigenvalue weighted by Gasteiger charge is -2.24. The van der Waals surface area contributed by atoms with Crippen LogP contribution in [-0.4, -0.2) is 49.9 Å². The van der Waals surface area contributed by atoms with E-state index in [1.54, 1.807) is 0 Å². The molecular weight excluding hydrogens is 264 g/mol. The van der Waals surface area contributed by atoms with Gasteiger partial charge < -0.3 is 15.6 Å². The molecule has 1 rings (SSSR count). The zero-order valence-corrected chi connectivity index (χ0v) is 10.5. The molecule has 0 saturated carbocycles. The van der Waals surface area contributed by atoms with E-state index in [2.05, 4.69) is 0 Å². The van der Waals surface area contributed by atoms with Crippen molar-refractivity contribution in [3.05, 3.63) is 0 Å². The van der Waals surface area contributed by atoms with E-state index in [1.807, 2.05) is 4.72 Å². The lowest BCUT2D eigenvalue weighted by atomic mass is 10.2. The van der Waals surface area contributed by atoms with Crippen LogP contribution in [0, 0.1) is 0 Å². The zero-order valence-electron chi connectivity index (χ0n) is 9.66. The smallest absolute Gasteiger partial charge is 0.322 e. The Morgan fingerprint density at radius 2 is 1.94 bits per heavy atom. The van der Waals surface area contributed by atoms with Crippen molar-refractivity contribution >= 4 is 21.9 Å². The predicted octanol–water partition coefficient (Wildman–Crippen LogP) is -1.59. The van der Waals surface area contributed by atoms with Crippen molar-refractivity contribution in [3.63, 3.8) is 0 Å². The molecule has 1 aliphatic rings. The summed E-state index contributed by atoms with van der Waals surface area (Å²) < 4.78 is 30.8. The van der Waals surface area contributed by atoms with Gasteiger partial charge in [-0.1, -0.05) is 0 Å². The molecule has 0 aromatic carbocycles. The van der Waals surface area contributed by atoms with Crippen LogP contribution in [-0.2, 0) is 24.3 Å². The Kier molecular flexibility index (Phi) is 5.05. The third kappa shape index (κ3) is 4.24. The van der Waals surface area contributed by atoms with E-state index in [9.17, 15) is 18.0 Å². The fourth-order valence-electron chi connectivity index (χ4n) is 1.66. The van der Waals surface area contributed by atoms with Crippen molar-refractivity contribution < 1.29 is 27.9 Å². The van der Waals surface area contributed by atoms with E-state index in [-0.39, 0.29) is 0 Å². The lowest BCUT2D eigenvalue weighted by Crippen LogP contribution is -2.47. The Morgan fingerprint density at radius 1 is 1.39 bits per heavy atom. The van der Waals surface area contributed by atoms with Crippen LogP contribution in [0.15, 0.2) is 0 Å². The molecule has 0 bridgehead atoms. The first-order valence-corrected chi connectivity index (χ1v) is 6.97. The summed E-state index contributed by atoms with van der Waals surface area (Å²) in [5, 5.41) is 8.13. The topological polar surface area (TPSA) is 136 Å². The number of primary amides is 1. The fraction of sp³-hybridized carbons (Fsp3) is 0.778. The van der Waals surface area contributed by atoms with E-state index in [0.29, 0.717) is 26.1 Å². The maximum absolute atomic E-state index is 11.9. The average Bonchev–Trinajstić information content (AvgIpc) is 2.28. The molecule has 1 saturated heterocycles. The van der Waals surface area contributed by atoms with Crippen LogP contribution >= 0.6 is 0 Å². The Balaban J connectivity index is 2.71. The van der Waals surface area contributed by atoms with Crippen LogP contribution in [0.4, 0.5) is 0 Å². The summed E-state index contributed by atoms with van der Waals surface area (Å²) in [4.78, 5) is 21.5. The summed E-state index contributed by atoms with van der Waals surface area (Å²) in [6, 6.07) is -1.52. The fourth-order valence-corrected chi connectivity index (χ4v) is 3.25. The molecule has 9 heteroatoms. The number of aliphatic carboxylic acids is 1. The van der Waals surface area contributed by atoms with Crippen molar-refractivity contribution in [3.8, 4) is 0 Å². The highest BCUT2D eigenvalue weighted by molar-refractivity contribution is 7.90. The second kappa shape index (κ2) is 6.12. The van der Waals surface area contributed by atoms with Gasteiger partial charge in [0.15, 0.2) is 0 Å². The quantitative estimate of drug-likeness (QED) is 0.537. The van der Waals surface area contributed by atoms with Crippen molar-refractivity contribution in [2.24, 2.45) is 5.73 Å². The molecule has 0 aliphatic carbocycles. The molecule has 1 fully saturated rings. The third-order valence-electron chi connectivity index (χ3n) is 2.62. The molecule has 0 unspecified atom stereocenters. The highest BCUT2D eigenvalue weighted by atomic mass is 32.2. The largest absolute Gasteiger partial charge is 0.480 e.